The van der Waals surface area contributed by atoms with Gasteiger partial charge in [-0.1, -0.05) is 88.3 Å². The quantitative estimate of drug-likeness (QED) is 0.195. The number of nitriles is 1. The third-order valence-electron chi connectivity index (χ3n) is 6.17. The Balaban J connectivity index is 1.36. The fourth-order valence-electron chi connectivity index (χ4n) is 4.21. The van der Waals surface area contributed by atoms with Crippen LogP contribution in [0, 0.1) is 11.3 Å². The standard InChI is InChI=1S/C29H31N3OS/c1-2-3-4-5-6-7-8-9-20-33-25-16-14-24(15-17-25)27-19-18-26(28-29(27)32-34-31-28)23-12-10-22(21-30)11-13-23/h10-19H,2-9,20H2,1H3. The fraction of sp³-hybridized carbons (Fsp3) is 0.345. The van der Waals surface area contributed by atoms with Gasteiger partial charge in [0.25, 0.3) is 0 Å². The first-order valence-electron chi connectivity index (χ1n) is 12.3. The molecule has 0 saturated carbocycles. The fourth-order valence-corrected chi connectivity index (χ4v) is 4.79. The van der Waals surface area contributed by atoms with Crippen LogP contribution in [-0.2, 0) is 0 Å². The molecule has 0 radical (unpaired) electrons. The average molecular weight is 470 g/mol. The summed E-state index contributed by atoms with van der Waals surface area (Å²) in [6.07, 6.45) is 10.4. The number of unbranched alkanes of at least 4 members (excludes halogenated alkanes) is 7. The maximum absolute atomic E-state index is 9.06. The lowest BCUT2D eigenvalue weighted by Gasteiger charge is -2.09. The number of hydrogen-bond acceptors (Lipinski definition) is 5. The molecule has 1 heterocycles. The number of ether oxygens (including phenoxy) is 1. The Morgan fingerprint density at radius 1 is 0.706 bits per heavy atom. The minimum Gasteiger partial charge on any atom is -0.494 e. The van der Waals surface area contributed by atoms with Crippen molar-refractivity contribution in [3.05, 3.63) is 66.2 Å². The van der Waals surface area contributed by atoms with Gasteiger partial charge in [0.2, 0.25) is 0 Å². The molecule has 0 N–H and O–H groups in total. The summed E-state index contributed by atoms with van der Waals surface area (Å²) in [6.45, 7) is 3.03. The Morgan fingerprint density at radius 3 is 1.79 bits per heavy atom. The Morgan fingerprint density at radius 2 is 1.24 bits per heavy atom. The summed E-state index contributed by atoms with van der Waals surface area (Å²) in [5, 5.41) is 9.06. The second-order valence-electron chi connectivity index (χ2n) is 8.66. The summed E-state index contributed by atoms with van der Waals surface area (Å²) in [5.41, 5.74) is 6.67. The maximum atomic E-state index is 9.06. The van der Waals surface area contributed by atoms with Crippen molar-refractivity contribution in [2.75, 3.05) is 6.61 Å². The molecule has 0 spiro atoms. The van der Waals surface area contributed by atoms with Gasteiger partial charge in [-0.05, 0) is 41.8 Å². The monoisotopic (exact) mass is 469 g/mol. The third kappa shape index (κ3) is 6.01. The molecule has 4 nitrogen and oxygen atoms in total. The summed E-state index contributed by atoms with van der Waals surface area (Å²) in [5.74, 6) is 0.911. The van der Waals surface area contributed by atoms with Gasteiger partial charge in [0.1, 0.15) is 16.8 Å². The highest BCUT2D eigenvalue weighted by atomic mass is 32.1. The van der Waals surface area contributed by atoms with E-state index in [0.717, 1.165) is 52.1 Å². The molecule has 4 rings (SSSR count). The van der Waals surface area contributed by atoms with Gasteiger partial charge in [0.05, 0.1) is 30.0 Å². The molecule has 0 aliphatic rings. The largest absolute Gasteiger partial charge is 0.494 e. The Bertz CT molecular complexity index is 1220. The second kappa shape index (κ2) is 12.3. The summed E-state index contributed by atoms with van der Waals surface area (Å²) in [4.78, 5) is 0. The first kappa shape index (κ1) is 23.9. The van der Waals surface area contributed by atoms with Gasteiger partial charge in [0, 0.05) is 11.1 Å². The predicted octanol–water partition coefficient (Wildman–Crippen LogP) is 8.42. The Hall–Kier alpha value is -3.23. The average Bonchev–Trinajstić information content (AvgIpc) is 3.38. The van der Waals surface area contributed by atoms with E-state index in [4.69, 9.17) is 10.00 Å². The highest BCUT2D eigenvalue weighted by Gasteiger charge is 2.13. The molecule has 5 heteroatoms. The topological polar surface area (TPSA) is 58.8 Å². The summed E-state index contributed by atoms with van der Waals surface area (Å²) in [6, 6.07) is 22.2. The van der Waals surface area contributed by atoms with Gasteiger partial charge < -0.3 is 4.74 Å². The maximum Gasteiger partial charge on any atom is 0.119 e. The van der Waals surface area contributed by atoms with Gasteiger partial charge in [0.15, 0.2) is 0 Å². The van der Waals surface area contributed by atoms with Crippen LogP contribution in [-0.4, -0.2) is 15.4 Å². The molecule has 0 aliphatic carbocycles. The van der Waals surface area contributed by atoms with Crippen molar-refractivity contribution in [1.29, 1.82) is 5.26 Å². The van der Waals surface area contributed by atoms with Gasteiger partial charge in [-0.3, -0.25) is 0 Å². The first-order valence-corrected chi connectivity index (χ1v) is 13.0. The molecular formula is C29H31N3OS. The van der Waals surface area contributed by atoms with Gasteiger partial charge in [-0.2, -0.15) is 14.0 Å². The van der Waals surface area contributed by atoms with E-state index in [1.807, 2.05) is 36.4 Å². The van der Waals surface area contributed by atoms with Crippen LogP contribution in [0.3, 0.4) is 0 Å². The lowest BCUT2D eigenvalue weighted by molar-refractivity contribution is 0.304. The smallest absolute Gasteiger partial charge is 0.119 e. The number of hydrogen-bond donors (Lipinski definition) is 0. The van der Waals surface area contributed by atoms with Crippen LogP contribution in [0.15, 0.2) is 60.7 Å². The zero-order valence-electron chi connectivity index (χ0n) is 19.8. The number of rotatable bonds is 12. The van der Waals surface area contributed by atoms with Crippen molar-refractivity contribution < 1.29 is 4.74 Å². The van der Waals surface area contributed by atoms with Gasteiger partial charge >= 0.3 is 0 Å². The third-order valence-corrected chi connectivity index (χ3v) is 6.70. The molecule has 174 valence electrons. The van der Waals surface area contributed by atoms with E-state index in [9.17, 15) is 0 Å². The van der Waals surface area contributed by atoms with Crippen LogP contribution in [0.5, 0.6) is 5.75 Å². The first-order chi connectivity index (χ1) is 16.8. The minimum atomic E-state index is 0.651. The molecular weight excluding hydrogens is 438 g/mol. The normalized spacial score (nSPS) is 10.9. The van der Waals surface area contributed by atoms with E-state index in [1.54, 1.807) is 0 Å². The van der Waals surface area contributed by atoms with Crippen molar-refractivity contribution in [3.63, 3.8) is 0 Å². The summed E-state index contributed by atoms with van der Waals surface area (Å²) < 4.78 is 15.1. The Kier molecular flexibility index (Phi) is 8.65. The molecule has 0 unspecified atom stereocenters. The van der Waals surface area contributed by atoms with Crippen LogP contribution in [0.1, 0.15) is 63.9 Å². The highest BCUT2D eigenvalue weighted by molar-refractivity contribution is 7.00. The molecule has 0 fully saturated rings. The predicted molar refractivity (Wildman–Crippen MR) is 141 cm³/mol. The number of fused-ring (bicyclic) bond motifs is 1. The zero-order valence-corrected chi connectivity index (χ0v) is 20.6. The van der Waals surface area contributed by atoms with Crippen LogP contribution in [0.4, 0.5) is 0 Å². The van der Waals surface area contributed by atoms with E-state index in [2.05, 4.69) is 46.0 Å². The number of aromatic nitrogens is 2. The SMILES string of the molecule is CCCCCCCCCCOc1ccc(-c2ccc(-c3ccc(C#N)cc3)c3nsnc23)cc1. The van der Waals surface area contributed by atoms with Gasteiger partial charge in [-0.25, -0.2) is 0 Å². The molecule has 0 bridgehead atoms. The van der Waals surface area contributed by atoms with Crippen molar-refractivity contribution in [1.82, 2.24) is 8.75 Å². The molecule has 3 aromatic carbocycles. The molecule has 0 amide bonds. The second-order valence-corrected chi connectivity index (χ2v) is 9.19. The van der Waals surface area contributed by atoms with Crippen molar-refractivity contribution in [2.45, 2.75) is 58.3 Å². The molecule has 0 saturated heterocycles. The highest BCUT2D eigenvalue weighted by Crippen LogP contribution is 2.35. The molecule has 1 aromatic heterocycles. The minimum absolute atomic E-state index is 0.651. The lowest BCUT2D eigenvalue weighted by atomic mass is 9.97. The van der Waals surface area contributed by atoms with E-state index >= 15 is 0 Å². The van der Waals surface area contributed by atoms with E-state index in [0.29, 0.717) is 5.56 Å². The van der Waals surface area contributed by atoms with Gasteiger partial charge in [-0.15, -0.1) is 0 Å². The Labute approximate surface area is 206 Å². The molecule has 4 aromatic rings. The van der Waals surface area contributed by atoms with E-state index in [-0.39, 0.29) is 0 Å². The van der Waals surface area contributed by atoms with Crippen LogP contribution >= 0.6 is 11.7 Å². The summed E-state index contributed by atoms with van der Waals surface area (Å²) >= 11 is 1.23. The van der Waals surface area contributed by atoms with Crippen LogP contribution < -0.4 is 4.74 Å². The van der Waals surface area contributed by atoms with E-state index < -0.39 is 0 Å². The summed E-state index contributed by atoms with van der Waals surface area (Å²) in [7, 11) is 0. The van der Waals surface area contributed by atoms with E-state index in [1.165, 1.54) is 56.7 Å². The van der Waals surface area contributed by atoms with Crippen LogP contribution in [0.2, 0.25) is 0 Å². The number of benzene rings is 3. The van der Waals surface area contributed by atoms with Crippen LogP contribution in [0.25, 0.3) is 33.3 Å². The molecule has 0 aliphatic heterocycles. The van der Waals surface area contributed by atoms with Crippen molar-refractivity contribution >= 4 is 22.8 Å². The molecule has 34 heavy (non-hydrogen) atoms. The lowest BCUT2D eigenvalue weighted by Crippen LogP contribution is -1.97. The van der Waals surface area contributed by atoms with Crippen molar-refractivity contribution in [3.8, 4) is 34.1 Å². The molecule has 0 atom stereocenters. The van der Waals surface area contributed by atoms with Crippen molar-refractivity contribution in [2.24, 2.45) is 0 Å². The zero-order chi connectivity index (χ0) is 23.6. The number of nitrogens with zero attached hydrogens (tertiary/aromatic N) is 3.